The minimum Gasteiger partial charge on any atom is -0.310 e. The van der Waals surface area contributed by atoms with E-state index in [9.17, 15) is 4.79 Å². The number of aromatic nitrogens is 2. The lowest BCUT2D eigenvalue weighted by atomic mass is 10.1. The Labute approximate surface area is 129 Å². The molecular formula is C18H17N3O. The van der Waals surface area contributed by atoms with Gasteiger partial charge in [-0.1, -0.05) is 49.4 Å². The molecule has 0 radical (unpaired) electrons. The van der Waals surface area contributed by atoms with Gasteiger partial charge in [0.2, 0.25) is 5.91 Å². The summed E-state index contributed by atoms with van der Waals surface area (Å²) in [6.07, 6.45) is 2.74. The molecule has 0 saturated heterocycles. The number of amides is 1. The first-order valence-electron chi connectivity index (χ1n) is 7.34. The molecule has 0 unspecified atom stereocenters. The van der Waals surface area contributed by atoms with E-state index in [2.05, 4.69) is 27.4 Å². The van der Waals surface area contributed by atoms with Gasteiger partial charge in [0.1, 0.15) is 11.6 Å². The van der Waals surface area contributed by atoms with Crippen LogP contribution in [0.5, 0.6) is 0 Å². The fourth-order valence-electron chi connectivity index (χ4n) is 2.36. The average Bonchev–Trinajstić information content (AvgIpc) is 2.55. The summed E-state index contributed by atoms with van der Waals surface area (Å²) in [5.74, 6) is 1.21. The quantitative estimate of drug-likeness (QED) is 0.801. The molecule has 0 saturated carbocycles. The Balaban J connectivity index is 1.72. The van der Waals surface area contributed by atoms with Crippen LogP contribution in [0.3, 0.4) is 0 Å². The van der Waals surface area contributed by atoms with Crippen molar-refractivity contribution >= 4 is 22.5 Å². The molecule has 1 aromatic heterocycles. The number of hydrogen-bond donors (Lipinski definition) is 1. The standard InChI is InChI=1S/C18H17N3O/c1-2-16-19-10-9-17(20-16)21-18(22)12-13-7-8-14-5-3-4-6-15(14)11-13/h3-11H,2,12H2,1H3,(H,19,20,21,22). The number of anilines is 1. The Kier molecular flexibility index (Phi) is 4.10. The highest BCUT2D eigenvalue weighted by Gasteiger charge is 2.06. The normalized spacial score (nSPS) is 10.6. The van der Waals surface area contributed by atoms with E-state index >= 15 is 0 Å². The Morgan fingerprint density at radius 3 is 2.73 bits per heavy atom. The van der Waals surface area contributed by atoms with Crippen LogP contribution in [0.15, 0.2) is 54.7 Å². The van der Waals surface area contributed by atoms with E-state index < -0.39 is 0 Å². The van der Waals surface area contributed by atoms with Crippen LogP contribution in [0.2, 0.25) is 0 Å². The maximum Gasteiger partial charge on any atom is 0.229 e. The molecule has 110 valence electrons. The molecule has 3 aromatic rings. The van der Waals surface area contributed by atoms with Crippen LogP contribution in [0.1, 0.15) is 18.3 Å². The Hall–Kier alpha value is -2.75. The SMILES string of the molecule is CCc1nccc(NC(=O)Cc2ccc3ccccc3c2)n1. The molecule has 0 bridgehead atoms. The summed E-state index contributed by atoms with van der Waals surface area (Å²) >= 11 is 0. The van der Waals surface area contributed by atoms with Crippen LogP contribution in [-0.2, 0) is 17.6 Å². The van der Waals surface area contributed by atoms with E-state index in [1.165, 1.54) is 5.39 Å². The van der Waals surface area contributed by atoms with Gasteiger partial charge in [-0.2, -0.15) is 0 Å². The first kappa shape index (κ1) is 14.2. The molecule has 2 aromatic carbocycles. The molecule has 22 heavy (non-hydrogen) atoms. The molecule has 0 spiro atoms. The number of aryl methyl sites for hydroxylation is 1. The van der Waals surface area contributed by atoms with Crippen LogP contribution >= 0.6 is 0 Å². The van der Waals surface area contributed by atoms with Gasteiger partial charge in [-0.05, 0) is 22.4 Å². The number of hydrogen-bond acceptors (Lipinski definition) is 3. The molecule has 4 heteroatoms. The van der Waals surface area contributed by atoms with E-state index in [-0.39, 0.29) is 5.91 Å². The number of rotatable bonds is 4. The summed E-state index contributed by atoms with van der Waals surface area (Å²) < 4.78 is 0. The van der Waals surface area contributed by atoms with Crippen molar-refractivity contribution in [2.24, 2.45) is 0 Å². The van der Waals surface area contributed by atoms with E-state index in [0.29, 0.717) is 12.2 Å². The molecule has 1 N–H and O–H groups in total. The maximum absolute atomic E-state index is 12.1. The molecule has 0 atom stereocenters. The van der Waals surface area contributed by atoms with Crippen molar-refractivity contribution in [3.8, 4) is 0 Å². The third-order valence-electron chi connectivity index (χ3n) is 3.47. The summed E-state index contributed by atoms with van der Waals surface area (Å²) in [4.78, 5) is 20.5. The minimum atomic E-state index is -0.0731. The van der Waals surface area contributed by atoms with Crippen molar-refractivity contribution in [2.75, 3.05) is 5.32 Å². The van der Waals surface area contributed by atoms with Gasteiger partial charge >= 0.3 is 0 Å². The highest BCUT2D eigenvalue weighted by atomic mass is 16.1. The molecule has 1 amide bonds. The van der Waals surface area contributed by atoms with Gasteiger partial charge in [0.15, 0.2) is 0 Å². The third-order valence-corrected chi connectivity index (χ3v) is 3.47. The fraction of sp³-hybridized carbons (Fsp3) is 0.167. The molecule has 0 aliphatic carbocycles. The van der Waals surface area contributed by atoms with Crippen LogP contribution in [-0.4, -0.2) is 15.9 Å². The lowest BCUT2D eigenvalue weighted by Gasteiger charge is -2.06. The first-order valence-corrected chi connectivity index (χ1v) is 7.34. The highest BCUT2D eigenvalue weighted by molar-refractivity contribution is 5.92. The second kappa shape index (κ2) is 6.35. The number of nitrogens with zero attached hydrogens (tertiary/aromatic N) is 2. The zero-order valence-electron chi connectivity index (χ0n) is 12.4. The van der Waals surface area contributed by atoms with Crippen LogP contribution < -0.4 is 5.32 Å². The lowest BCUT2D eigenvalue weighted by molar-refractivity contribution is -0.115. The summed E-state index contributed by atoms with van der Waals surface area (Å²) in [6, 6.07) is 15.9. The topological polar surface area (TPSA) is 54.9 Å². The second-order valence-electron chi connectivity index (χ2n) is 5.12. The maximum atomic E-state index is 12.1. The van der Waals surface area contributed by atoms with Gasteiger partial charge in [-0.3, -0.25) is 4.79 Å². The van der Waals surface area contributed by atoms with Crippen molar-refractivity contribution in [3.05, 3.63) is 66.1 Å². The van der Waals surface area contributed by atoms with Gasteiger partial charge in [-0.25, -0.2) is 9.97 Å². The fourth-order valence-corrected chi connectivity index (χ4v) is 2.36. The molecule has 0 fully saturated rings. The molecule has 0 aliphatic rings. The predicted molar refractivity (Wildman–Crippen MR) is 87.7 cm³/mol. The van der Waals surface area contributed by atoms with Gasteiger partial charge in [0, 0.05) is 12.6 Å². The number of nitrogens with one attached hydrogen (secondary N) is 1. The van der Waals surface area contributed by atoms with Gasteiger partial charge in [-0.15, -0.1) is 0 Å². The largest absolute Gasteiger partial charge is 0.310 e. The van der Waals surface area contributed by atoms with Crippen molar-refractivity contribution in [1.82, 2.24) is 9.97 Å². The van der Waals surface area contributed by atoms with Crippen LogP contribution in [0.25, 0.3) is 10.8 Å². The Bertz CT molecular complexity index is 814. The first-order chi connectivity index (χ1) is 10.7. The molecule has 0 aliphatic heterocycles. The van der Waals surface area contributed by atoms with Crippen molar-refractivity contribution < 1.29 is 4.79 Å². The van der Waals surface area contributed by atoms with Gasteiger partial charge in [0.05, 0.1) is 6.42 Å². The van der Waals surface area contributed by atoms with E-state index in [1.54, 1.807) is 12.3 Å². The summed E-state index contributed by atoms with van der Waals surface area (Å²) in [6.45, 7) is 1.98. The van der Waals surface area contributed by atoms with Gasteiger partial charge in [0.25, 0.3) is 0 Å². The molecular weight excluding hydrogens is 274 g/mol. The zero-order chi connectivity index (χ0) is 15.4. The molecule has 1 heterocycles. The van der Waals surface area contributed by atoms with Crippen molar-refractivity contribution in [2.45, 2.75) is 19.8 Å². The third kappa shape index (κ3) is 3.28. The monoisotopic (exact) mass is 291 g/mol. The molecule has 3 rings (SSSR count). The van der Waals surface area contributed by atoms with Crippen molar-refractivity contribution in [1.29, 1.82) is 0 Å². The van der Waals surface area contributed by atoms with Crippen LogP contribution in [0, 0.1) is 0 Å². The highest BCUT2D eigenvalue weighted by Crippen LogP contribution is 2.16. The van der Waals surface area contributed by atoms with Gasteiger partial charge < -0.3 is 5.32 Å². The van der Waals surface area contributed by atoms with E-state index in [0.717, 1.165) is 23.2 Å². The van der Waals surface area contributed by atoms with Crippen LogP contribution in [0.4, 0.5) is 5.82 Å². The minimum absolute atomic E-state index is 0.0731. The van der Waals surface area contributed by atoms with Crippen molar-refractivity contribution in [3.63, 3.8) is 0 Å². The number of benzene rings is 2. The average molecular weight is 291 g/mol. The second-order valence-corrected chi connectivity index (χ2v) is 5.12. The predicted octanol–water partition coefficient (Wildman–Crippen LogP) is 3.37. The van der Waals surface area contributed by atoms with E-state index in [4.69, 9.17) is 0 Å². The summed E-state index contributed by atoms with van der Waals surface area (Å²) in [5.41, 5.74) is 0.987. The lowest BCUT2D eigenvalue weighted by Crippen LogP contribution is -2.15. The zero-order valence-corrected chi connectivity index (χ0v) is 12.4. The Morgan fingerprint density at radius 2 is 1.91 bits per heavy atom. The number of fused-ring (bicyclic) bond motifs is 1. The summed E-state index contributed by atoms with van der Waals surface area (Å²) in [7, 11) is 0. The number of carbonyl (C=O) groups excluding carboxylic acids is 1. The number of carbonyl (C=O) groups is 1. The Morgan fingerprint density at radius 1 is 1.09 bits per heavy atom. The molecule has 4 nitrogen and oxygen atoms in total. The van der Waals surface area contributed by atoms with E-state index in [1.807, 2.05) is 37.3 Å². The smallest absolute Gasteiger partial charge is 0.229 e. The summed E-state index contributed by atoms with van der Waals surface area (Å²) in [5, 5.41) is 5.14.